The fourth-order valence-electron chi connectivity index (χ4n) is 2.29. The van der Waals surface area contributed by atoms with Crippen molar-refractivity contribution in [3.05, 3.63) is 66.0 Å². The smallest absolute Gasteiger partial charge is 0.239 e. The maximum absolute atomic E-state index is 12.8. The van der Waals surface area contributed by atoms with E-state index in [4.69, 9.17) is 5.11 Å². The van der Waals surface area contributed by atoms with Gasteiger partial charge in [0.1, 0.15) is 5.82 Å². The number of carbonyl (C=O) groups excluding carboxylic acids is 1. The van der Waals surface area contributed by atoms with Gasteiger partial charge in [-0.15, -0.1) is 0 Å². The number of anilines is 1. The first-order chi connectivity index (χ1) is 11.2. The van der Waals surface area contributed by atoms with Crippen LogP contribution in [-0.4, -0.2) is 37.3 Å². The molecule has 2 rings (SSSR count). The van der Waals surface area contributed by atoms with Crippen LogP contribution in [-0.2, 0) is 11.2 Å². The minimum absolute atomic E-state index is 0.0161. The molecule has 23 heavy (non-hydrogen) atoms. The Balaban J connectivity index is 1.81. The highest BCUT2D eigenvalue weighted by Crippen LogP contribution is 2.12. The first-order valence-electron chi connectivity index (χ1n) is 7.61. The topological polar surface area (TPSA) is 52.6 Å². The second kappa shape index (κ2) is 8.90. The number of benzene rings is 2. The maximum atomic E-state index is 12.8. The predicted molar refractivity (Wildman–Crippen MR) is 88.9 cm³/mol. The van der Waals surface area contributed by atoms with E-state index in [1.807, 2.05) is 35.2 Å². The van der Waals surface area contributed by atoms with Gasteiger partial charge in [-0.25, -0.2) is 4.39 Å². The molecule has 0 radical (unpaired) electrons. The first kappa shape index (κ1) is 17.0. The van der Waals surface area contributed by atoms with Crippen molar-refractivity contribution >= 4 is 11.6 Å². The maximum Gasteiger partial charge on any atom is 0.239 e. The Bertz CT molecular complexity index is 602. The van der Waals surface area contributed by atoms with Crippen molar-refractivity contribution in [3.63, 3.8) is 0 Å². The van der Waals surface area contributed by atoms with Gasteiger partial charge in [-0.1, -0.05) is 30.3 Å². The summed E-state index contributed by atoms with van der Waals surface area (Å²) in [4.78, 5) is 13.9. The van der Waals surface area contributed by atoms with Crippen LogP contribution in [0.25, 0.3) is 0 Å². The van der Waals surface area contributed by atoms with Crippen LogP contribution in [0.3, 0.4) is 0 Å². The molecule has 0 bridgehead atoms. The van der Waals surface area contributed by atoms with Crippen LogP contribution in [0.4, 0.5) is 10.1 Å². The number of halogens is 1. The monoisotopic (exact) mass is 316 g/mol. The summed E-state index contributed by atoms with van der Waals surface area (Å²) in [6, 6.07) is 15.8. The number of nitrogens with one attached hydrogen (secondary N) is 1. The van der Waals surface area contributed by atoms with Gasteiger partial charge in [0, 0.05) is 18.8 Å². The summed E-state index contributed by atoms with van der Waals surface area (Å²) in [5, 5.41) is 12.0. The van der Waals surface area contributed by atoms with Gasteiger partial charge in [-0.3, -0.25) is 4.79 Å². The highest BCUT2D eigenvalue weighted by Gasteiger charge is 2.10. The Labute approximate surface area is 135 Å². The van der Waals surface area contributed by atoms with Gasteiger partial charge in [0.05, 0.1) is 13.2 Å². The highest BCUT2D eigenvalue weighted by molar-refractivity contribution is 5.81. The number of hydrogen-bond acceptors (Lipinski definition) is 3. The van der Waals surface area contributed by atoms with Crippen molar-refractivity contribution in [1.29, 1.82) is 0 Å². The third-order valence-corrected chi connectivity index (χ3v) is 3.47. The number of aliphatic hydroxyl groups excluding tert-OH is 1. The highest BCUT2D eigenvalue weighted by atomic mass is 19.1. The summed E-state index contributed by atoms with van der Waals surface area (Å²) in [5.74, 6) is -0.371. The van der Waals surface area contributed by atoms with Crippen LogP contribution in [0.2, 0.25) is 0 Å². The predicted octanol–water partition coefficient (Wildman–Crippen LogP) is 1.98. The number of aliphatic hydroxyl groups is 1. The molecule has 2 N–H and O–H groups in total. The molecular weight excluding hydrogens is 295 g/mol. The van der Waals surface area contributed by atoms with Crippen LogP contribution in [0.15, 0.2) is 54.6 Å². The van der Waals surface area contributed by atoms with Crippen molar-refractivity contribution in [1.82, 2.24) is 5.32 Å². The van der Waals surface area contributed by atoms with E-state index in [0.29, 0.717) is 19.5 Å². The van der Waals surface area contributed by atoms with Crippen LogP contribution in [0.5, 0.6) is 0 Å². The minimum Gasteiger partial charge on any atom is -0.395 e. The van der Waals surface area contributed by atoms with Gasteiger partial charge < -0.3 is 15.3 Å². The molecule has 0 aliphatic heterocycles. The molecule has 122 valence electrons. The second-order valence-corrected chi connectivity index (χ2v) is 5.21. The van der Waals surface area contributed by atoms with Crippen molar-refractivity contribution < 1.29 is 14.3 Å². The summed E-state index contributed by atoms with van der Waals surface area (Å²) in [5.41, 5.74) is 1.87. The zero-order valence-electron chi connectivity index (χ0n) is 12.9. The molecule has 0 aliphatic carbocycles. The zero-order chi connectivity index (χ0) is 16.5. The molecule has 1 amide bonds. The Morgan fingerprint density at radius 2 is 1.78 bits per heavy atom. The van der Waals surface area contributed by atoms with E-state index in [2.05, 4.69) is 5.32 Å². The molecule has 0 saturated heterocycles. The van der Waals surface area contributed by atoms with E-state index in [-0.39, 0.29) is 24.9 Å². The minimum atomic E-state index is -0.264. The third kappa shape index (κ3) is 5.71. The van der Waals surface area contributed by atoms with Crippen molar-refractivity contribution in [2.24, 2.45) is 0 Å². The van der Waals surface area contributed by atoms with Gasteiger partial charge in [0.25, 0.3) is 0 Å². The Morgan fingerprint density at radius 1 is 1.09 bits per heavy atom. The number of rotatable bonds is 8. The Kier molecular flexibility index (Phi) is 6.56. The largest absolute Gasteiger partial charge is 0.395 e. The average molecular weight is 316 g/mol. The van der Waals surface area contributed by atoms with Crippen LogP contribution < -0.4 is 10.2 Å². The van der Waals surface area contributed by atoms with Gasteiger partial charge in [-0.05, 0) is 36.2 Å². The van der Waals surface area contributed by atoms with Crippen LogP contribution in [0.1, 0.15) is 5.56 Å². The molecule has 2 aromatic rings. The lowest BCUT2D eigenvalue weighted by Gasteiger charge is -2.23. The zero-order valence-corrected chi connectivity index (χ0v) is 12.9. The van der Waals surface area contributed by atoms with Crippen molar-refractivity contribution in [3.8, 4) is 0 Å². The first-order valence-corrected chi connectivity index (χ1v) is 7.61. The van der Waals surface area contributed by atoms with Crippen molar-refractivity contribution in [2.75, 3.05) is 31.1 Å². The Hall–Kier alpha value is -2.40. The van der Waals surface area contributed by atoms with E-state index in [0.717, 1.165) is 11.3 Å². The molecule has 0 unspecified atom stereocenters. The van der Waals surface area contributed by atoms with Gasteiger partial charge in [0.2, 0.25) is 5.91 Å². The van der Waals surface area contributed by atoms with E-state index in [1.54, 1.807) is 12.1 Å². The molecule has 5 heteroatoms. The van der Waals surface area contributed by atoms with E-state index < -0.39 is 0 Å². The number of nitrogens with zero attached hydrogens (tertiary/aromatic N) is 1. The fourth-order valence-corrected chi connectivity index (χ4v) is 2.29. The van der Waals surface area contributed by atoms with Crippen molar-refractivity contribution in [2.45, 2.75) is 6.42 Å². The molecule has 0 atom stereocenters. The fraction of sp³-hybridized carbons (Fsp3) is 0.278. The number of para-hydroxylation sites is 1. The summed E-state index contributed by atoms with van der Waals surface area (Å²) in [6.45, 7) is 1.06. The standard InChI is InChI=1S/C18H21FN2O2/c19-16-8-6-15(7-9-16)10-11-20-18(23)14-21(12-13-22)17-4-2-1-3-5-17/h1-9,22H,10-14H2,(H,20,23). The molecule has 0 aliphatic rings. The SMILES string of the molecule is O=C(CN(CCO)c1ccccc1)NCCc1ccc(F)cc1. The Morgan fingerprint density at radius 3 is 2.43 bits per heavy atom. The molecule has 0 saturated carbocycles. The number of carbonyl (C=O) groups is 1. The van der Waals surface area contributed by atoms with Gasteiger partial charge in [0.15, 0.2) is 0 Å². The lowest BCUT2D eigenvalue weighted by atomic mass is 10.1. The number of amides is 1. The summed E-state index contributed by atoms with van der Waals surface area (Å²) in [6.07, 6.45) is 0.650. The van der Waals surface area contributed by atoms with E-state index in [9.17, 15) is 9.18 Å². The van der Waals surface area contributed by atoms with Crippen LogP contribution in [0, 0.1) is 5.82 Å². The molecule has 0 fully saturated rings. The van der Waals surface area contributed by atoms with E-state index in [1.165, 1.54) is 12.1 Å². The molecule has 0 heterocycles. The quantitative estimate of drug-likeness (QED) is 0.783. The van der Waals surface area contributed by atoms with Crippen LogP contribution >= 0.6 is 0 Å². The molecular formula is C18H21FN2O2. The summed E-state index contributed by atoms with van der Waals surface area (Å²) in [7, 11) is 0. The number of hydrogen-bond donors (Lipinski definition) is 2. The van der Waals surface area contributed by atoms with E-state index >= 15 is 0 Å². The van der Waals surface area contributed by atoms with Gasteiger partial charge >= 0.3 is 0 Å². The molecule has 0 spiro atoms. The molecule has 4 nitrogen and oxygen atoms in total. The lowest BCUT2D eigenvalue weighted by molar-refractivity contribution is -0.119. The summed E-state index contributed by atoms with van der Waals surface area (Å²) < 4.78 is 12.8. The van der Waals surface area contributed by atoms with Gasteiger partial charge in [-0.2, -0.15) is 0 Å². The molecule has 0 aromatic heterocycles. The third-order valence-electron chi connectivity index (χ3n) is 3.47. The molecule has 2 aromatic carbocycles. The lowest BCUT2D eigenvalue weighted by Crippen LogP contribution is -2.39. The summed E-state index contributed by atoms with van der Waals surface area (Å²) >= 11 is 0. The normalized spacial score (nSPS) is 10.3. The average Bonchev–Trinajstić information content (AvgIpc) is 2.57. The second-order valence-electron chi connectivity index (χ2n) is 5.21.